The molecule has 2 amide bonds. The summed E-state index contributed by atoms with van der Waals surface area (Å²) in [6.07, 6.45) is -2.25. The number of piperidine rings is 1. The largest absolute Gasteiger partial charge is 0.481 e. The van der Waals surface area contributed by atoms with Gasteiger partial charge in [0.25, 0.3) is 0 Å². The monoisotopic (exact) mass is 393 g/mol. The van der Waals surface area contributed by atoms with Gasteiger partial charge in [0, 0.05) is 19.2 Å². The number of hydrogen-bond donors (Lipinski definition) is 2. The molecule has 1 fully saturated rings. The van der Waals surface area contributed by atoms with Crippen LogP contribution in [-0.4, -0.2) is 59.0 Å². The average molecular weight is 393 g/mol. The fraction of sp³-hybridized carbons (Fsp3) is 0.562. The van der Waals surface area contributed by atoms with Crippen molar-refractivity contribution in [2.45, 2.75) is 25.7 Å². The van der Waals surface area contributed by atoms with Crippen LogP contribution >= 0.6 is 0 Å². The predicted octanol–water partition coefficient (Wildman–Crippen LogP) is 2.94. The zero-order valence-corrected chi connectivity index (χ0v) is 14.4. The van der Waals surface area contributed by atoms with Crippen molar-refractivity contribution in [3.8, 4) is 5.88 Å². The fourth-order valence-electron chi connectivity index (χ4n) is 2.67. The number of amides is 2. The summed E-state index contributed by atoms with van der Waals surface area (Å²) < 4.78 is 54.3. The third-order valence-corrected chi connectivity index (χ3v) is 4.02. The number of nitrogens with zero attached hydrogens (tertiary/aromatic N) is 2. The van der Waals surface area contributed by atoms with Crippen LogP contribution in [0.2, 0.25) is 0 Å². The van der Waals surface area contributed by atoms with Crippen molar-refractivity contribution in [2.75, 3.05) is 25.0 Å². The van der Waals surface area contributed by atoms with Gasteiger partial charge in [-0.2, -0.15) is 8.78 Å². The lowest BCUT2D eigenvalue weighted by Crippen LogP contribution is -2.47. The number of hydrogen-bond acceptors (Lipinski definition) is 4. The lowest BCUT2D eigenvalue weighted by molar-refractivity contribution is -0.148. The Balaban J connectivity index is 1.92. The lowest BCUT2D eigenvalue weighted by Gasteiger charge is -2.34. The molecule has 7 nitrogen and oxygen atoms in total. The van der Waals surface area contributed by atoms with E-state index in [0.29, 0.717) is 13.0 Å². The highest BCUT2D eigenvalue weighted by Gasteiger charge is 2.41. The third-order valence-electron chi connectivity index (χ3n) is 4.02. The number of alkyl halides is 4. The Labute approximate surface area is 152 Å². The van der Waals surface area contributed by atoms with E-state index in [4.69, 9.17) is 5.11 Å². The highest BCUT2D eigenvalue weighted by atomic mass is 19.3. The number of carbonyl (C=O) groups is 2. The molecule has 1 aliphatic heterocycles. The van der Waals surface area contributed by atoms with Gasteiger partial charge in [-0.25, -0.2) is 18.6 Å². The lowest BCUT2D eigenvalue weighted by atomic mass is 9.91. The van der Waals surface area contributed by atoms with Crippen LogP contribution in [-0.2, 0) is 4.79 Å². The minimum Gasteiger partial charge on any atom is -0.481 e. The number of carboxylic acids is 1. The number of carbonyl (C=O) groups excluding carboxylic acids is 1. The maximum absolute atomic E-state index is 12.8. The van der Waals surface area contributed by atoms with E-state index in [-0.39, 0.29) is 24.0 Å². The van der Waals surface area contributed by atoms with Crippen molar-refractivity contribution >= 4 is 17.7 Å². The summed E-state index contributed by atoms with van der Waals surface area (Å²) in [6, 6.07) is 1.94. The zero-order chi connectivity index (χ0) is 20.2. The molecule has 0 bridgehead atoms. The molecule has 150 valence electrons. The summed E-state index contributed by atoms with van der Waals surface area (Å²) >= 11 is 0. The van der Waals surface area contributed by atoms with Crippen LogP contribution < -0.4 is 10.1 Å². The van der Waals surface area contributed by atoms with Gasteiger partial charge in [-0.05, 0) is 18.4 Å². The van der Waals surface area contributed by atoms with Gasteiger partial charge in [-0.3, -0.25) is 4.79 Å². The van der Waals surface area contributed by atoms with Crippen molar-refractivity contribution in [3.05, 3.63) is 18.3 Å². The molecule has 0 aliphatic carbocycles. The second-order valence-corrected chi connectivity index (χ2v) is 6.45. The van der Waals surface area contributed by atoms with Crippen molar-refractivity contribution in [3.63, 3.8) is 0 Å². The van der Waals surface area contributed by atoms with E-state index >= 15 is 0 Å². The topological polar surface area (TPSA) is 91.8 Å². The van der Waals surface area contributed by atoms with E-state index in [2.05, 4.69) is 15.0 Å². The van der Waals surface area contributed by atoms with Crippen LogP contribution in [0.25, 0.3) is 0 Å². The molecule has 0 saturated carbocycles. The van der Waals surface area contributed by atoms with Gasteiger partial charge in [0.15, 0.2) is 6.61 Å². The van der Waals surface area contributed by atoms with Crippen molar-refractivity contribution < 1.29 is 37.0 Å². The molecule has 2 atom stereocenters. The molecule has 2 unspecified atom stereocenters. The summed E-state index contributed by atoms with van der Waals surface area (Å²) in [4.78, 5) is 28.5. The molecule has 1 aliphatic rings. The Kier molecular flexibility index (Phi) is 6.45. The zero-order valence-electron chi connectivity index (χ0n) is 14.4. The van der Waals surface area contributed by atoms with E-state index in [0.717, 1.165) is 12.3 Å². The number of halogens is 4. The van der Waals surface area contributed by atoms with Gasteiger partial charge < -0.3 is 20.1 Å². The Hall–Kier alpha value is -2.59. The van der Waals surface area contributed by atoms with E-state index in [9.17, 15) is 27.2 Å². The first kappa shape index (κ1) is 20.7. The molecule has 2 heterocycles. The molecular formula is C16H19F4N3O4. The summed E-state index contributed by atoms with van der Waals surface area (Å²) in [7, 11) is 0. The summed E-state index contributed by atoms with van der Waals surface area (Å²) in [5.74, 6) is -6.19. The first-order valence-corrected chi connectivity index (χ1v) is 8.12. The third kappa shape index (κ3) is 5.69. The Bertz CT molecular complexity index is 672. The number of carboxylic acid groups (broad SMARTS) is 1. The Morgan fingerprint density at radius 2 is 2.11 bits per heavy atom. The SMILES string of the molecule is CC1CC(C(=O)O)CN(C(=O)Nc2ccc(OCC(F)(F)C(F)F)nc2)C1. The number of urea groups is 1. The first-order valence-electron chi connectivity index (χ1n) is 8.12. The second-order valence-electron chi connectivity index (χ2n) is 6.45. The van der Waals surface area contributed by atoms with Gasteiger partial charge >= 0.3 is 24.3 Å². The number of anilines is 1. The maximum atomic E-state index is 12.8. The van der Waals surface area contributed by atoms with Gasteiger partial charge in [-0.1, -0.05) is 6.92 Å². The molecule has 2 rings (SSSR count). The van der Waals surface area contributed by atoms with Crippen LogP contribution in [0.15, 0.2) is 18.3 Å². The van der Waals surface area contributed by atoms with Gasteiger partial charge in [0.2, 0.25) is 5.88 Å². The Morgan fingerprint density at radius 1 is 1.41 bits per heavy atom. The van der Waals surface area contributed by atoms with Crippen molar-refractivity contribution in [1.82, 2.24) is 9.88 Å². The molecule has 1 aromatic heterocycles. The Morgan fingerprint density at radius 3 is 2.67 bits per heavy atom. The van der Waals surface area contributed by atoms with Gasteiger partial charge in [0.1, 0.15) is 0 Å². The van der Waals surface area contributed by atoms with Crippen LogP contribution in [0.4, 0.5) is 28.0 Å². The fourth-order valence-corrected chi connectivity index (χ4v) is 2.67. The maximum Gasteiger partial charge on any atom is 0.340 e. The first-order chi connectivity index (χ1) is 12.6. The molecular weight excluding hydrogens is 374 g/mol. The number of nitrogens with one attached hydrogen (secondary N) is 1. The second kappa shape index (κ2) is 8.40. The van der Waals surface area contributed by atoms with Crippen LogP contribution in [0, 0.1) is 11.8 Å². The molecule has 0 radical (unpaired) electrons. The molecule has 27 heavy (non-hydrogen) atoms. The van der Waals surface area contributed by atoms with Crippen LogP contribution in [0.5, 0.6) is 5.88 Å². The van der Waals surface area contributed by atoms with Crippen molar-refractivity contribution in [2.24, 2.45) is 11.8 Å². The molecule has 1 saturated heterocycles. The van der Waals surface area contributed by atoms with E-state index < -0.39 is 36.9 Å². The molecule has 11 heteroatoms. The van der Waals surface area contributed by atoms with Gasteiger partial charge in [-0.15, -0.1) is 0 Å². The summed E-state index contributed by atoms with van der Waals surface area (Å²) in [5.41, 5.74) is 0.220. The normalized spacial score (nSPS) is 20.4. The quantitative estimate of drug-likeness (QED) is 0.725. The highest BCUT2D eigenvalue weighted by Crippen LogP contribution is 2.25. The molecule has 0 spiro atoms. The van der Waals surface area contributed by atoms with Crippen LogP contribution in [0.3, 0.4) is 0 Å². The van der Waals surface area contributed by atoms with E-state index in [1.165, 1.54) is 11.0 Å². The number of ether oxygens (including phenoxy) is 1. The number of aliphatic carboxylic acids is 1. The molecule has 0 aromatic carbocycles. The molecule has 1 aromatic rings. The number of likely N-dealkylation sites (tertiary alicyclic amines) is 1. The highest BCUT2D eigenvalue weighted by molar-refractivity contribution is 5.89. The standard InChI is InChI=1S/C16H19F4N3O4/c1-9-4-10(13(24)25)7-23(6-9)15(26)22-11-2-3-12(21-5-11)27-8-16(19,20)14(17)18/h2-3,5,9-10,14H,4,6-8H2,1H3,(H,22,26)(H,24,25). The van der Waals surface area contributed by atoms with E-state index in [1.54, 1.807) is 0 Å². The minimum atomic E-state index is -4.29. The summed E-state index contributed by atoms with van der Waals surface area (Å²) in [5, 5.41) is 11.7. The number of rotatable bonds is 6. The van der Waals surface area contributed by atoms with Crippen molar-refractivity contribution in [1.29, 1.82) is 0 Å². The summed E-state index contributed by atoms with van der Waals surface area (Å²) in [6.45, 7) is 0.791. The van der Waals surface area contributed by atoms with E-state index in [1.807, 2.05) is 6.92 Å². The molecule has 2 N–H and O–H groups in total. The van der Waals surface area contributed by atoms with Gasteiger partial charge in [0.05, 0.1) is 17.8 Å². The smallest absolute Gasteiger partial charge is 0.340 e. The predicted molar refractivity (Wildman–Crippen MR) is 86.2 cm³/mol. The number of pyridine rings is 1. The minimum absolute atomic E-state index is 0.0241. The average Bonchev–Trinajstić information content (AvgIpc) is 2.60. The van der Waals surface area contributed by atoms with Crippen LogP contribution in [0.1, 0.15) is 13.3 Å². The number of aromatic nitrogens is 1.